The van der Waals surface area contributed by atoms with Crippen LogP contribution in [-0.2, 0) is 6.42 Å². The maximum Gasteiger partial charge on any atom is 0.191 e. The maximum absolute atomic E-state index is 4.45. The summed E-state index contributed by atoms with van der Waals surface area (Å²) in [6.45, 7) is 5.08. The molecule has 0 bridgehead atoms. The Kier molecular flexibility index (Phi) is 8.08. The number of nitrogens with zero attached hydrogens (tertiary/aromatic N) is 3. The first-order valence-electron chi connectivity index (χ1n) is 10.6. The first-order valence-corrected chi connectivity index (χ1v) is 10.6. The van der Waals surface area contributed by atoms with Crippen LogP contribution in [0.2, 0.25) is 0 Å². The average Bonchev–Trinajstić information content (AvgIpc) is 2.76. The van der Waals surface area contributed by atoms with Gasteiger partial charge in [-0.1, -0.05) is 60.7 Å². The topological polar surface area (TPSA) is 42.9 Å². The normalized spacial score (nSPS) is 19.7. The molecule has 156 valence electrons. The molecule has 1 fully saturated rings. The van der Waals surface area contributed by atoms with Crippen LogP contribution in [0.3, 0.4) is 0 Å². The quantitative estimate of drug-likeness (QED) is 0.560. The van der Waals surface area contributed by atoms with Gasteiger partial charge in [-0.25, -0.2) is 0 Å². The van der Waals surface area contributed by atoms with E-state index in [0.29, 0.717) is 12.0 Å². The van der Waals surface area contributed by atoms with Gasteiger partial charge in [0.1, 0.15) is 0 Å². The van der Waals surface area contributed by atoms with Crippen LogP contribution >= 0.6 is 0 Å². The summed E-state index contributed by atoms with van der Waals surface area (Å²) in [5.74, 6) is 1.27. The van der Waals surface area contributed by atoms with Crippen LogP contribution in [0, 0.1) is 0 Å². The number of hydrogen-bond donors (Lipinski definition) is 2. The van der Waals surface area contributed by atoms with Gasteiger partial charge in [0.2, 0.25) is 0 Å². The van der Waals surface area contributed by atoms with Gasteiger partial charge < -0.3 is 15.5 Å². The van der Waals surface area contributed by atoms with E-state index in [9.17, 15) is 0 Å². The van der Waals surface area contributed by atoms with Gasteiger partial charge in [0.25, 0.3) is 0 Å². The molecule has 3 rings (SSSR count). The third-order valence-electron chi connectivity index (χ3n) is 5.82. The number of hydrogen-bond acceptors (Lipinski definition) is 3. The molecule has 5 heteroatoms. The van der Waals surface area contributed by atoms with Crippen LogP contribution in [0.15, 0.2) is 65.7 Å². The molecular formula is C24H35N5. The smallest absolute Gasteiger partial charge is 0.191 e. The summed E-state index contributed by atoms with van der Waals surface area (Å²) in [6.07, 6.45) is 1.00. The zero-order valence-electron chi connectivity index (χ0n) is 18.0. The van der Waals surface area contributed by atoms with Gasteiger partial charge in [0.15, 0.2) is 5.96 Å². The predicted octanol–water partition coefficient (Wildman–Crippen LogP) is 2.42. The summed E-state index contributed by atoms with van der Waals surface area (Å²) in [6, 6.07) is 22.0. The van der Waals surface area contributed by atoms with E-state index < -0.39 is 0 Å². The number of piperazine rings is 1. The number of benzene rings is 2. The number of likely N-dealkylation sites (N-methyl/N-ethyl adjacent to an activating group) is 2. The minimum absolute atomic E-state index is 0.389. The SMILES string of the molecule is CN=C(NCC(Cc1ccccc1)c1ccccc1)NCC1CN(C)CCN1C. The number of guanidine groups is 1. The third-order valence-corrected chi connectivity index (χ3v) is 5.82. The van der Waals surface area contributed by atoms with E-state index in [0.717, 1.165) is 45.1 Å². The molecule has 1 aliphatic rings. The highest BCUT2D eigenvalue weighted by atomic mass is 15.3. The molecule has 0 aromatic heterocycles. The summed E-state index contributed by atoms with van der Waals surface area (Å²) in [4.78, 5) is 9.28. The van der Waals surface area contributed by atoms with Crippen LogP contribution < -0.4 is 10.6 Å². The minimum Gasteiger partial charge on any atom is -0.356 e. The van der Waals surface area contributed by atoms with E-state index in [-0.39, 0.29) is 0 Å². The van der Waals surface area contributed by atoms with Crippen LogP contribution in [-0.4, -0.2) is 75.7 Å². The second-order valence-electron chi connectivity index (χ2n) is 8.03. The number of aliphatic imine (C=N–C) groups is 1. The fourth-order valence-electron chi connectivity index (χ4n) is 3.91. The molecular weight excluding hydrogens is 358 g/mol. The molecule has 2 atom stereocenters. The van der Waals surface area contributed by atoms with E-state index in [1.807, 2.05) is 7.05 Å². The Balaban J connectivity index is 1.58. The molecule has 2 aromatic carbocycles. The van der Waals surface area contributed by atoms with Gasteiger partial charge in [-0.2, -0.15) is 0 Å². The van der Waals surface area contributed by atoms with Gasteiger partial charge in [-0.3, -0.25) is 9.89 Å². The van der Waals surface area contributed by atoms with Crippen molar-refractivity contribution in [2.75, 3.05) is 53.9 Å². The maximum atomic E-state index is 4.45. The van der Waals surface area contributed by atoms with Gasteiger partial charge in [0, 0.05) is 51.7 Å². The molecule has 2 unspecified atom stereocenters. The molecule has 2 N–H and O–H groups in total. The van der Waals surface area contributed by atoms with E-state index in [2.05, 4.69) is 100 Å². The predicted molar refractivity (Wildman–Crippen MR) is 123 cm³/mol. The molecule has 0 radical (unpaired) electrons. The molecule has 0 saturated carbocycles. The lowest BCUT2D eigenvalue weighted by Gasteiger charge is -2.38. The molecule has 5 nitrogen and oxygen atoms in total. The van der Waals surface area contributed by atoms with Crippen molar-refractivity contribution in [3.05, 3.63) is 71.8 Å². The summed E-state index contributed by atoms with van der Waals surface area (Å²) in [7, 11) is 6.25. The van der Waals surface area contributed by atoms with Crippen molar-refractivity contribution in [1.29, 1.82) is 0 Å². The zero-order valence-corrected chi connectivity index (χ0v) is 18.0. The second-order valence-corrected chi connectivity index (χ2v) is 8.03. The molecule has 1 heterocycles. The highest BCUT2D eigenvalue weighted by molar-refractivity contribution is 5.79. The molecule has 1 aliphatic heterocycles. The van der Waals surface area contributed by atoms with E-state index in [1.54, 1.807) is 0 Å². The van der Waals surface area contributed by atoms with E-state index >= 15 is 0 Å². The third kappa shape index (κ3) is 6.58. The Morgan fingerprint density at radius 3 is 2.38 bits per heavy atom. The monoisotopic (exact) mass is 393 g/mol. The van der Waals surface area contributed by atoms with Gasteiger partial charge in [-0.15, -0.1) is 0 Å². The summed E-state index contributed by atoms with van der Waals surface area (Å²) in [5, 5.41) is 7.09. The van der Waals surface area contributed by atoms with Gasteiger partial charge in [0.05, 0.1) is 0 Å². The molecule has 29 heavy (non-hydrogen) atoms. The Morgan fingerprint density at radius 2 is 1.69 bits per heavy atom. The van der Waals surface area contributed by atoms with Crippen molar-refractivity contribution >= 4 is 5.96 Å². The van der Waals surface area contributed by atoms with Crippen molar-refractivity contribution in [1.82, 2.24) is 20.4 Å². The van der Waals surface area contributed by atoms with Crippen molar-refractivity contribution in [3.8, 4) is 0 Å². The largest absolute Gasteiger partial charge is 0.356 e. The fourth-order valence-corrected chi connectivity index (χ4v) is 3.91. The molecule has 1 saturated heterocycles. The van der Waals surface area contributed by atoms with Crippen molar-refractivity contribution in [2.24, 2.45) is 4.99 Å². The summed E-state index contributed by atoms with van der Waals surface area (Å²) in [5.41, 5.74) is 2.71. The average molecular weight is 394 g/mol. The number of rotatable bonds is 7. The van der Waals surface area contributed by atoms with Gasteiger partial charge in [-0.05, 0) is 31.6 Å². The standard InChI is InChI=1S/C24H35N5/c1-25-24(27-18-23-19-28(2)14-15-29(23)3)26-17-22(21-12-8-5-9-13-21)16-20-10-6-4-7-11-20/h4-13,22-23H,14-19H2,1-3H3,(H2,25,26,27). The van der Waals surface area contributed by atoms with Crippen molar-refractivity contribution in [3.63, 3.8) is 0 Å². The second kappa shape index (κ2) is 11.0. The highest BCUT2D eigenvalue weighted by Gasteiger charge is 2.22. The van der Waals surface area contributed by atoms with Gasteiger partial charge >= 0.3 is 0 Å². The molecule has 0 spiro atoms. The van der Waals surface area contributed by atoms with Crippen molar-refractivity contribution < 1.29 is 0 Å². The molecule has 2 aromatic rings. The fraction of sp³-hybridized carbons (Fsp3) is 0.458. The van der Waals surface area contributed by atoms with E-state index in [4.69, 9.17) is 0 Å². The number of nitrogens with one attached hydrogen (secondary N) is 2. The van der Waals surface area contributed by atoms with Crippen LogP contribution in [0.25, 0.3) is 0 Å². The summed E-state index contributed by atoms with van der Waals surface area (Å²) < 4.78 is 0. The lowest BCUT2D eigenvalue weighted by molar-refractivity contribution is 0.116. The molecule has 0 amide bonds. The first-order chi connectivity index (χ1) is 14.2. The highest BCUT2D eigenvalue weighted by Crippen LogP contribution is 2.20. The molecule has 0 aliphatic carbocycles. The van der Waals surface area contributed by atoms with Crippen LogP contribution in [0.1, 0.15) is 17.0 Å². The zero-order chi connectivity index (χ0) is 20.5. The lowest BCUT2D eigenvalue weighted by atomic mass is 9.92. The lowest BCUT2D eigenvalue weighted by Crippen LogP contribution is -2.55. The Labute approximate surface area is 175 Å². The summed E-state index contributed by atoms with van der Waals surface area (Å²) >= 11 is 0. The Hall–Kier alpha value is -2.37. The Bertz CT molecular complexity index is 746. The first kappa shape index (κ1) is 21.3. The Morgan fingerprint density at radius 1 is 1.00 bits per heavy atom. The minimum atomic E-state index is 0.389. The van der Waals surface area contributed by atoms with Crippen LogP contribution in [0.4, 0.5) is 0 Å². The van der Waals surface area contributed by atoms with Crippen molar-refractivity contribution in [2.45, 2.75) is 18.4 Å². The van der Waals surface area contributed by atoms with Crippen LogP contribution in [0.5, 0.6) is 0 Å². The van der Waals surface area contributed by atoms with E-state index in [1.165, 1.54) is 11.1 Å².